The fourth-order valence-electron chi connectivity index (χ4n) is 4.95. The molecule has 4 heterocycles. The maximum Gasteiger partial charge on any atom is 0.406 e. The number of aromatic nitrogens is 5. The molecule has 3 aromatic heterocycles. The van der Waals surface area contributed by atoms with E-state index < -0.39 is 24.0 Å². The van der Waals surface area contributed by atoms with Crippen molar-refractivity contribution in [3.05, 3.63) is 85.5 Å². The maximum absolute atomic E-state index is 12.9. The molecule has 2 atom stereocenters. The lowest BCUT2D eigenvalue weighted by Gasteiger charge is -2.30. The summed E-state index contributed by atoms with van der Waals surface area (Å²) < 4.78 is 47.6. The minimum absolute atomic E-state index is 0. The summed E-state index contributed by atoms with van der Waals surface area (Å²) in [5, 5.41) is 8.17. The van der Waals surface area contributed by atoms with Gasteiger partial charge < -0.3 is 10.1 Å². The van der Waals surface area contributed by atoms with Gasteiger partial charge in [-0.1, -0.05) is 11.6 Å². The molecule has 0 aliphatic carbocycles. The highest BCUT2D eigenvalue weighted by Crippen LogP contribution is 2.33. The van der Waals surface area contributed by atoms with E-state index in [0.29, 0.717) is 39.3 Å². The highest BCUT2D eigenvalue weighted by atomic mass is 35.5. The number of morpholine rings is 1. The molecule has 1 fully saturated rings. The van der Waals surface area contributed by atoms with Crippen LogP contribution in [-0.4, -0.2) is 55.2 Å². The fraction of sp³-hybridized carbons (Fsp3) is 0.385. The quantitative estimate of drug-likeness (QED) is 0.364. The summed E-state index contributed by atoms with van der Waals surface area (Å²) in [5.74, 6) is 0. The first-order valence-electron chi connectivity index (χ1n) is 12.3. The standard InChI is InChI=1S/C26H26ClF3N6O3.ClH/c1-15-5-18(27)7-21(20(15)8-19-10-31-9-16(2)39-19)24-22-6-17(12-36(22)33-14-32-24)11-35-23(37)3-4-34(25(35)38)13-26(28,29)30;/h3-7,12,14,16,19,31H,8-11,13H2,1-2H3;1H/t16-,19?;/m0./s1. The zero-order valence-corrected chi connectivity index (χ0v) is 23.2. The number of nitrogens with one attached hydrogen (secondary N) is 1. The van der Waals surface area contributed by atoms with Gasteiger partial charge >= 0.3 is 11.9 Å². The van der Waals surface area contributed by atoms with E-state index in [4.69, 9.17) is 16.3 Å². The second-order valence-electron chi connectivity index (χ2n) is 9.73. The van der Waals surface area contributed by atoms with E-state index in [9.17, 15) is 22.8 Å². The molecule has 40 heavy (non-hydrogen) atoms. The summed E-state index contributed by atoms with van der Waals surface area (Å²) in [6.07, 6.45) is -0.0952. The number of benzene rings is 1. The van der Waals surface area contributed by atoms with Gasteiger partial charge in [-0.15, -0.1) is 12.4 Å². The van der Waals surface area contributed by atoms with Crippen molar-refractivity contribution < 1.29 is 17.9 Å². The second kappa shape index (κ2) is 11.7. The average Bonchev–Trinajstić information content (AvgIpc) is 3.27. The monoisotopic (exact) mass is 598 g/mol. The van der Waals surface area contributed by atoms with Crippen molar-refractivity contribution in [1.29, 1.82) is 0 Å². The van der Waals surface area contributed by atoms with Crippen LogP contribution in [0.4, 0.5) is 13.2 Å². The molecule has 1 unspecified atom stereocenters. The van der Waals surface area contributed by atoms with E-state index in [1.165, 1.54) is 6.33 Å². The Balaban J connectivity index is 0.00000370. The first-order chi connectivity index (χ1) is 18.5. The molecule has 4 aromatic rings. The molecule has 1 aliphatic heterocycles. The molecule has 0 spiro atoms. The Hall–Kier alpha value is -3.19. The number of nitrogens with zero attached hydrogens (tertiary/aromatic N) is 5. The van der Waals surface area contributed by atoms with E-state index in [1.807, 2.05) is 26.0 Å². The van der Waals surface area contributed by atoms with Crippen molar-refractivity contribution in [2.45, 2.75) is 51.7 Å². The predicted octanol–water partition coefficient (Wildman–Crippen LogP) is 3.63. The number of aryl methyl sites for hydroxylation is 1. The van der Waals surface area contributed by atoms with Crippen LogP contribution in [0, 0.1) is 6.92 Å². The highest BCUT2D eigenvalue weighted by molar-refractivity contribution is 6.31. The molecule has 214 valence electrons. The molecule has 1 aromatic carbocycles. The van der Waals surface area contributed by atoms with Gasteiger partial charge in [0.25, 0.3) is 5.56 Å². The molecule has 14 heteroatoms. The van der Waals surface area contributed by atoms with Crippen LogP contribution in [0.15, 0.2) is 52.6 Å². The van der Waals surface area contributed by atoms with E-state index in [0.717, 1.165) is 40.1 Å². The number of fused-ring (bicyclic) bond motifs is 1. The van der Waals surface area contributed by atoms with Crippen LogP contribution in [0.5, 0.6) is 0 Å². The Morgan fingerprint density at radius 2 is 1.98 bits per heavy atom. The third-order valence-corrected chi connectivity index (χ3v) is 6.86. The molecule has 0 bridgehead atoms. The largest absolute Gasteiger partial charge is 0.406 e. The molecule has 1 N–H and O–H groups in total. The number of halogens is 5. The summed E-state index contributed by atoms with van der Waals surface area (Å²) in [6.45, 7) is 3.75. The summed E-state index contributed by atoms with van der Waals surface area (Å²) in [6, 6.07) is 6.37. The van der Waals surface area contributed by atoms with Crippen LogP contribution < -0.4 is 16.6 Å². The Bertz CT molecular complexity index is 1650. The topological polar surface area (TPSA) is 95.5 Å². The smallest absolute Gasteiger partial charge is 0.372 e. The molecule has 0 saturated carbocycles. The van der Waals surface area contributed by atoms with E-state index >= 15 is 0 Å². The minimum Gasteiger partial charge on any atom is -0.372 e. The minimum atomic E-state index is -4.61. The lowest BCUT2D eigenvalue weighted by atomic mass is 9.93. The van der Waals surface area contributed by atoms with Crippen molar-refractivity contribution in [2.75, 3.05) is 13.1 Å². The van der Waals surface area contributed by atoms with Gasteiger partial charge in [-0.3, -0.25) is 13.9 Å². The maximum atomic E-state index is 12.9. The molecule has 9 nitrogen and oxygen atoms in total. The highest BCUT2D eigenvalue weighted by Gasteiger charge is 2.29. The van der Waals surface area contributed by atoms with Crippen molar-refractivity contribution in [3.63, 3.8) is 0 Å². The summed E-state index contributed by atoms with van der Waals surface area (Å²) in [5.41, 5.74) is 2.70. The van der Waals surface area contributed by atoms with E-state index in [2.05, 4.69) is 15.4 Å². The third kappa shape index (κ3) is 6.41. The molecule has 5 rings (SSSR count). The fourth-order valence-corrected chi connectivity index (χ4v) is 5.22. The zero-order chi connectivity index (χ0) is 27.9. The van der Waals surface area contributed by atoms with Crippen LogP contribution in [0.1, 0.15) is 23.6 Å². The number of hydrogen-bond acceptors (Lipinski definition) is 6. The Morgan fingerprint density at radius 3 is 2.70 bits per heavy atom. The molecule has 1 saturated heterocycles. The molecule has 1 aliphatic rings. The van der Waals surface area contributed by atoms with Crippen LogP contribution in [0.25, 0.3) is 16.8 Å². The van der Waals surface area contributed by atoms with Crippen molar-refractivity contribution in [2.24, 2.45) is 0 Å². The van der Waals surface area contributed by atoms with Crippen LogP contribution >= 0.6 is 24.0 Å². The first-order valence-corrected chi connectivity index (χ1v) is 12.7. The van der Waals surface area contributed by atoms with Gasteiger partial charge in [0.15, 0.2) is 0 Å². The van der Waals surface area contributed by atoms with Crippen molar-refractivity contribution >= 4 is 29.5 Å². The second-order valence-corrected chi connectivity index (χ2v) is 10.2. The first kappa shape index (κ1) is 29.8. The van der Waals surface area contributed by atoms with Crippen LogP contribution in [-0.2, 0) is 24.2 Å². The Labute approximate surface area is 238 Å². The number of rotatable bonds is 6. The molecule has 0 radical (unpaired) electrons. The summed E-state index contributed by atoms with van der Waals surface area (Å²) in [7, 11) is 0. The van der Waals surface area contributed by atoms with E-state index in [1.54, 1.807) is 16.8 Å². The van der Waals surface area contributed by atoms with Crippen LogP contribution in [0.3, 0.4) is 0 Å². The van der Waals surface area contributed by atoms with E-state index in [-0.39, 0.29) is 31.2 Å². The Morgan fingerprint density at radius 1 is 1.20 bits per heavy atom. The van der Waals surface area contributed by atoms with Crippen molar-refractivity contribution in [3.8, 4) is 11.3 Å². The lowest BCUT2D eigenvalue weighted by molar-refractivity contribution is -0.141. The normalized spacial score (nSPS) is 17.6. The van der Waals surface area contributed by atoms with Crippen molar-refractivity contribution in [1.82, 2.24) is 29.0 Å². The van der Waals surface area contributed by atoms with Gasteiger partial charge in [0.2, 0.25) is 0 Å². The molecule has 0 amide bonds. The van der Waals surface area contributed by atoms with Gasteiger partial charge in [-0.05, 0) is 48.7 Å². The summed E-state index contributed by atoms with van der Waals surface area (Å²) >= 11 is 6.45. The van der Waals surface area contributed by atoms with Gasteiger partial charge in [-0.2, -0.15) is 18.3 Å². The third-order valence-electron chi connectivity index (χ3n) is 6.65. The SMILES string of the molecule is Cc1cc(Cl)cc(-c2ncnn3cc(Cn4c(=O)ccn(CC(F)(F)F)c4=O)cc23)c1CC1CNC[C@H](C)O1.Cl. The number of ether oxygens (including phenoxy) is 1. The summed E-state index contributed by atoms with van der Waals surface area (Å²) in [4.78, 5) is 29.6. The number of hydrogen-bond donors (Lipinski definition) is 1. The number of alkyl halides is 3. The van der Waals surface area contributed by atoms with Gasteiger partial charge in [0.1, 0.15) is 12.9 Å². The van der Waals surface area contributed by atoms with Gasteiger partial charge in [0, 0.05) is 48.6 Å². The lowest BCUT2D eigenvalue weighted by Crippen LogP contribution is -2.44. The Kier molecular flexibility index (Phi) is 8.74. The molecular formula is C26H27Cl2F3N6O3. The van der Waals surface area contributed by atoms with Crippen LogP contribution in [0.2, 0.25) is 5.02 Å². The predicted molar refractivity (Wildman–Crippen MR) is 146 cm³/mol. The average molecular weight is 599 g/mol. The van der Waals surface area contributed by atoms with Gasteiger partial charge in [0.05, 0.1) is 30.0 Å². The zero-order valence-electron chi connectivity index (χ0n) is 21.6. The van der Waals surface area contributed by atoms with Gasteiger partial charge in [-0.25, -0.2) is 14.3 Å². The molecular weight excluding hydrogens is 572 g/mol.